The van der Waals surface area contributed by atoms with Crippen LogP contribution >= 0.6 is 0 Å². The molecule has 0 bridgehead atoms. The molecule has 1 atom stereocenters. The van der Waals surface area contributed by atoms with Crippen molar-refractivity contribution in [1.82, 2.24) is 14.9 Å². The number of aromatic nitrogens is 2. The molecule has 0 radical (unpaired) electrons. The normalized spacial score (nSPS) is 17.2. The Bertz CT molecular complexity index is 2160. The van der Waals surface area contributed by atoms with Gasteiger partial charge in [0.15, 0.2) is 5.82 Å². The molecule has 0 amide bonds. The molecule has 1 aliphatic heterocycles. The predicted octanol–water partition coefficient (Wildman–Crippen LogP) is 13.3. The second kappa shape index (κ2) is 16.9. The maximum absolute atomic E-state index is 17.3. The van der Waals surface area contributed by atoms with Crippen molar-refractivity contribution in [2.75, 3.05) is 26.7 Å². The molecule has 57 heavy (non-hydrogen) atoms. The van der Waals surface area contributed by atoms with Crippen LogP contribution in [0.4, 0.5) is 13.2 Å². The molecule has 0 saturated carbocycles. The molecule has 308 valence electrons. The number of halogens is 3. The molecule has 4 aromatic rings. The highest BCUT2D eigenvalue weighted by molar-refractivity contribution is 6.90. The molecule has 1 aromatic heterocycles. The number of likely N-dealkylation sites (tertiary alicyclic amines) is 1. The van der Waals surface area contributed by atoms with Gasteiger partial charge in [-0.3, -0.25) is 0 Å². The van der Waals surface area contributed by atoms with Gasteiger partial charge in [-0.25, -0.2) is 18.2 Å². The number of piperidine rings is 1. The van der Waals surface area contributed by atoms with E-state index in [2.05, 4.69) is 130 Å². The highest BCUT2D eigenvalue weighted by Gasteiger charge is 2.47. The van der Waals surface area contributed by atoms with Gasteiger partial charge in [0.2, 0.25) is 0 Å². The average Bonchev–Trinajstić information content (AvgIpc) is 3.11. The van der Waals surface area contributed by atoms with Crippen molar-refractivity contribution in [2.24, 2.45) is 5.41 Å². The van der Waals surface area contributed by atoms with E-state index in [-0.39, 0.29) is 62.2 Å². The molecule has 0 N–H and O–H groups in total. The van der Waals surface area contributed by atoms with Crippen LogP contribution in [0, 0.1) is 34.3 Å². The molecule has 3 aromatic carbocycles. The molecule has 0 aliphatic carbocycles. The third-order valence-corrected chi connectivity index (χ3v) is 25.4. The van der Waals surface area contributed by atoms with Gasteiger partial charge in [0.05, 0.1) is 11.1 Å². The van der Waals surface area contributed by atoms with Crippen LogP contribution in [0.25, 0.3) is 32.8 Å². The molecule has 5 nitrogen and oxygen atoms in total. The number of hydrogen-bond acceptors (Lipinski definition) is 5. The van der Waals surface area contributed by atoms with Crippen LogP contribution in [0.1, 0.15) is 102 Å². The lowest BCUT2D eigenvalue weighted by Gasteiger charge is -2.42. The fraction of sp³-hybridized carbons (Fsp3) is 0.532. The number of benzene rings is 3. The third kappa shape index (κ3) is 8.18. The second-order valence-corrected chi connectivity index (χ2v) is 29.6. The Balaban J connectivity index is 1.81. The highest BCUT2D eigenvalue weighted by atomic mass is 28.4. The number of rotatable bonds is 12. The largest absolute Gasteiger partial charge is 0.543 e. The van der Waals surface area contributed by atoms with E-state index in [0.29, 0.717) is 33.1 Å². The molecular formula is C47H64F3N3O2Si2. The fourth-order valence-electron chi connectivity index (χ4n) is 10.1. The lowest BCUT2D eigenvalue weighted by molar-refractivity contribution is 0.112. The van der Waals surface area contributed by atoms with E-state index in [1.807, 2.05) is 6.07 Å². The Morgan fingerprint density at radius 2 is 1.46 bits per heavy atom. The Morgan fingerprint density at radius 1 is 0.842 bits per heavy atom. The summed E-state index contributed by atoms with van der Waals surface area (Å²) in [4.78, 5) is 11.1. The summed E-state index contributed by atoms with van der Waals surface area (Å²) in [6.45, 7) is 34.7. The average molecular weight is 816 g/mol. The van der Waals surface area contributed by atoms with E-state index in [1.54, 1.807) is 12.1 Å². The quantitative estimate of drug-likeness (QED) is 0.0810. The van der Waals surface area contributed by atoms with Gasteiger partial charge in [-0.15, -0.1) is 5.54 Å². The zero-order valence-corrected chi connectivity index (χ0v) is 38.8. The summed E-state index contributed by atoms with van der Waals surface area (Å²) in [7, 11) is -2.80. The van der Waals surface area contributed by atoms with Gasteiger partial charge in [0, 0.05) is 41.0 Å². The van der Waals surface area contributed by atoms with Crippen LogP contribution in [-0.4, -0.2) is 58.0 Å². The molecular weight excluding hydrogens is 752 g/mol. The van der Waals surface area contributed by atoms with Crippen LogP contribution in [0.2, 0.25) is 33.2 Å². The molecule has 10 heteroatoms. The van der Waals surface area contributed by atoms with E-state index in [4.69, 9.17) is 9.16 Å². The first-order chi connectivity index (χ1) is 26.6. The maximum Gasteiger partial charge on any atom is 0.317 e. The van der Waals surface area contributed by atoms with Gasteiger partial charge < -0.3 is 14.1 Å². The number of nitrogens with zero attached hydrogens (tertiary/aromatic N) is 3. The number of ether oxygens (including phenoxy) is 1. The van der Waals surface area contributed by atoms with Crippen LogP contribution in [0.15, 0.2) is 48.7 Å². The van der Waals surface area contributed by atoms with Crippen molar-refractivity contribution in [2.45, 2.75) is 130 Å². The minimum atomic E-state index is -2.53. The molecule has 5 rings (SSSR count). The number of fused-ring (bicyclic) bond motifs is 2. The molecule has 2 heterocycles. The summed E-state index contributed by atoms with van der Waals surface area (Å²) in [6, 6.07) is 7.88. The summed E-state index contributed by atoms with van der Waals surface area (Å²) >= 11 is 0. The minimum Gasteiger partial charge on any atom is -0.543 e. The third-order valence-electron chi connectivity index (χ3n) is 13.1. The van der Waals surface area contributed by atoms with Gasteiger partial charge >= 0.3 is 6.01 Å². The van der Waals surface area contributed by atoms with Gasteiger partial charge in [0.25, 0.3) is 8.32 Å². The monoisotopic (exact) mass is 815 g/mol. The van der Waals surface area contributed by atoms with E-state index < -0.39 is 33.8 Å². The zero-order valence-electron chi connectivity index (χ0n) is 36.8. The minimum absolute atomic E-state index is 0.0142. The van der Waals surface area contributed by atoms with Crippen molar-refractivity contribution < 1.29 is 22.3 Å². The topological polar surface area (TPSA) is 47.5 Å². The zero-order chi connectivity index (χ0) is 42.4. The lowest BCUT2D eigenvalue weighted by Crippen LogP contribution is -2.50. The van der Waals surface area contributed by atoms with Gasteiger partial charge in [-0.2, -0.15) is 4.98 Å². The molecule has 0 unspecified atom stereocenters. The van der Waals surface area contributed by atoms with Crippen molar-refractivity contribution >= 4 is 38.1 Å². The van der Waals surface area contributed by atoms with Gasteiger partial charge in [-0.05, 0) is 76.4 Å². The summed E-state index contributed by atoms with van der Waals surface area (Å²) in [6.07, 6.45) is 2.23. The van der Waals surface area contributed by atoms with E-state index in [9.17, 15) is 0 Å². The van der Waals surface area contributed by atoms with Crippen LogP contribution in [0.3, 0.4) is 0 Å². The fourth-order valence-corrected chi connectivity index (χ4v) is 20.6. The van der Waals surface area contributed by atoms with Crippen LogP contribution < -0.4 is 9.16 Å². The number of hydrogen-bond donors (Lipinski definition) is 0. The smallest absolute Gasteiger partial charge is 0.317 e. The van der Waals surface area contributed by atoms with Gasteiger partial charge in [-0.1, -0.05) is 114 Å². The summed E-state index contributed by atoms with van der Waals surface area (Å²) < 4.78 is 63.7. The highest BCUT2D eigenvalue weighted by Crippen LogP contribution is 2.47. The maximum atomic E-state index is 17.3. The molecule has 0 spiro atoms. The lowest BCUT2D eigenvalue weighted by atomic mass is 9.79. The molecule has 1 fully saturated rings. The first-order valence-electron chi connectivity index (χ1n) is 20.7. The van der Waals surface area contributed by atoms with Crippen LogP contribution in [-0.2, 0) is 0 Å². The van der Waals surface area contributed by atoms with E-state index in [0.717, 1.165) is 25.1 Å². The Kier molecular flexibility index (Phi) is 13.2. The Labute approximate surface area is 342 Å². The second-order valence-electron chi connectivity index (χ2n) is 18.6. The predicted molar refractivity (Wildman–Crippen MR) is 237 cm³/mol. The van der Waals surface area contributed by atoms with Crippen molar-refractivity contribution in [3.05, 3.63) is 71.7 Å². The van der Waals surface area contributed by atoms with Crippen molar-refractivity contribution in [3.8, 4) is 34.4 Å². The summed E-state index contributed by atoms with van der Waals surface area (Å²) in [5.74, 6) is 1.58. The Hall–Kier alpha value is -3.66. The SMILES string of the molecule is C=C1CCN(C)C[C@@]1(C)COc1ncc2cc(F)c(-c3cc(O[Si](C(C)C)(C(C)C)C(C)C)cc4ccc(F)c(C#C[Si](C(C)C)(C(C)C)C(C)C)c34)c(F)c2n1. The Morgan fingerprint density at radius 3 is 2.04 bits per heavy atom. The molecule has 1 saturated heterocycles. The van der Waals surface area contributed by atoms with Crippen LogP contribution in [0.5, 0.6) is 11.8 Å². The summed E-state index contributed by atoms with van der Waals surface area (Å²) in [5.41, 5.74) is 5.90. The van der Waals surface area contributed by atoms with Crippen molar-refractivity contribution in [3.63, 3.8) is 0 Å². The van der Waals surface area contributed by atoms with E-state index >= 15 is 13.2 Å². The first-order valence-corrected chi connectivity index (χ1v) is 25.1. The van der Waals surface area contributed by atoms with Gasteiger partial charge in [0.1, 0.15) is 37.6 Å². The van der Waals surface area contributed by atoms with E-state index in [1.165, 1.54) is 18.3 Å². The first kappa shape index (κ1) is 44.4. The molecule has 1 aliphatic rings. The standard InChI is InChI=1S/C47H64F3N3O2Si2/c1-28(2)56(29(3)4,30(5)6)21-19-38-40(48)17-16-35-22-37(55-57(31(7)8,32(9)10)33(11)12)24-39(42(35)38)43-41(49)23-36-25-51-46(52-45(36)44(43)50)54-27-47(14)26-53(15)20-18-34(47)13/h16-17,22-25,28-33H,13,18,20,26-27H2,1-12,14-15H3/t47-/m0/s1. The van der Waals surface area contributed by atoms with Crippen molar-refractivity contribution in [1.29, 1.82) is 0 Å². The summed E-state index contributed by atoms with van der Waals surface area (Å²) in [5, 5.41) is 1.12.